The zero-order valence-electron chi connectivity index (χ0n) is 10.6. The highest BCUT2D eigenvalue weighted by Gasteiger charge is 2.34. The molecule has 1 rings (SSSR count). The first-order valence-electron chi connectivity index (χ1n) is 5.67. The van der Waals surface area contributed by atoms with Crippen LogP contribution in [0.5, 0.6) is 0 Å². The van der Waals surface area contributed by atoms with Crippen LogP contribution in [0.4, 0.5) is 0 Å². The molecule has 0 saturated heterocycles. The molecule has 0 N–H and O–H groups in total. The van der Waals surface area contributed by atoms with E-state index in [4.69, 9.17) is 10.8 Å². The highest BCUT2D eigenvalue weighted by Crippen LogP contribution is 2.31. The maximum Gasteiger partial charge on any atom is 0.186 e. The van der Waals surface area contributed by atoms with Gasteiger partial charge in [-0.25, -0.2) is 0 Å². The molecule has 2 heteroatoms. The third-order valence-electron chi connectivity index (χ3n) is 2.45. The summed E-state index contributed by atoms with van der Waals surface area (Å²) in [6.07, 6.45) is 6.51. The average Bonchev–Trinajstić information content (AvgIpc) is 2.26. The monoisotopic (exact) mass is 232 g/mol. The molecule has 0 aliphatic carbocycles. The SMILES string of the molecule is C#CC(CC)(O[Si](C)(C)C)c1ccccc1. The van der Waals surface area contributed by atoms with Crippen molar-refractivity contribution in [2.45, 2.75) is 38.6 Å². The van der Waals surface area contributed by atoms with Crippen molar-refractivity contribution in [1.29, 1.82) is 0 Å². The molecule has 0 heterocycles. The van der Waals surface area contributed by atoms with E-state index in [1.807, 2.05) is 30.3 Å². The molecule has 1 atom stereocenters. The van der Waals surface area contributed by atoms with Crippen LogP contribution in [-0.2, 0) is 10.0 Å². The molecule has 0 spiro atoms. The van der Waals surface area contributed by atoms with Crippen LogP contribution in [0, 0.1) is 12.3 Å². The largest absolute Gasteiger partial charge is 0.398 e. The van der Waals surface area contributed by atoms with E-state index in [9.17, 15) is 0 Å². The van der Waals surface area contributed by atoms with Gasteiger partial charge in [-0.05, 0) is 31.6 Å². The Bertz CT molecular complexity index is 372. The predicted octanol–water partition coefficient (Wildman–Crippen LogP) is 3.78. The van der Waals surface area contributed by atoms with E-state index >= 15 is 0 Å². The van der Waals surface area contributed by atoms with Gasteiger partial charge in [0.2, 0.25) is 0 Å². The molecular formula is C14H20OSi. The zero-order valence-corrected chi connectivity index (χ0v) is 11.6. The van der Waals surface area contributed by atoms with E-state index in [1.165, 1.54) is 0 Å². The minimum atomic E-state index is -1.66. The molecule has 86 valence electrons. The molecule has 0 aliphatic heterocycles. The van der Waals surface area contributed by atoms with Gasteiger partial charge in [-0.1, -0.05) is 43.2 Å². The Morgan fingerprint density at radius 2 is 1.81 bits per heavy atom. The number of benzene rings is 1. The Morgan fingerprint density at radius 1 is 1.25 bits per heavy atom. The number of terminal acetylenes is 1. The van der Waals surface area contributed by atoms with Crippen molar-refractivity contribution in [3.8, 4) is 12.3 Å². The van der Waals surface area contributed by atoms with Crippen LogP contribution >= 0.6 is 0 Å². The van der Waals surface area contributed by atoms with E-state index < -0.39 is 13.9 Å². The van der Waals surface area contributed by atoms with Gasteiger partial charge >= 0.3 is 0 Å². The second kappa shape index (κ2) is 4.86. The number of hydrogen-bond acceptors (Lipinski definition) is 1. The van der Waals surface area contributed by atoms with E-state index in [-0.39, 0.29) is 0 Å². The Balaban J connectivity index is 3.13. The van der Waals surface area contributed by atoms with Crippen molar-refractivity contribution in [1.82, 2.24) is 0 Å². The second-order valence-electron chi connectivity index (χ2n) is 4.91. The van der Waals surface area contributed by atoms with Gasteiger partial charge in [-0.3, -0.25) is 0 Å². The quantitative estimate of drug-likeness (QED) is 0.567. The Hall–Kier alpha value is -1.04. The summed E-state index contributed by atoms with van der Waals surface area (Å²) in [7, 11) is -1.66. The smallest absolute Gasteiger partial charge is 0.186 e. The van der Waals surface area contributed by atoms with E-state index in [0.29, 0.717) is 0 Å². The molecule has 0 fully saturated rings. The van der Waals surface area contributed by atoms with E-state index in [0.717, 1.165) is 12.0 Å². The lowest BCUT2D eigenvalue weighted by Crippen LogP contribution is -2.39. The molecular weight excluding hydrogens is 212 g/mol. The Kier molecular flexibility index (Phi) is 3.96. The van der Waals surface area contributed by atoms with E-state index in [1.54, 1.807) is 0 Å². The number of rotatable bonds is 4. The van der Waals surface area contributed by atoms with Crippen LogP contribution in [0.25, 0.3) is 0 Å². The standard InChI is InChI=1S/C14H20OSi/c1-6-14(7-2,15-16(3,4)5)13-11-9-8-10-12-13/h1,8-12H,7H2,2-5H3. The molecule has 0 amide bonds. The zero-order chi connectivity index (χ0) is 12.2. The van der Waals surface area contributed by atoms with Crippen LogP contribution in [0.3, 0.4) is 0 Å². The van der Waals surface area contributed by atoms with Crippen molar-refractivity contribution in [2.75, 3.05) is 0 Å². The maximum atomic E-state index is 6.21. The minimum absolute atomic E-state index is 0.550. The first kappa shape index (κ1) is 13.0. The third kappa shape index (κ3) is 2.97. The summed E-state index contributed by atoms with van der Waals surface area (Å²) in [6, 6.07) is 10.1. The molecule has 1 unspecified atom stereocenters. The summed E-state index contributed by atoms with van der Waals surface area (Å²) in [6.45, 7) is 8.57. The summed E-state index contributed by atoms with van der Waals surface area (Å²) in [4.78, 5) is 0. The molecule has 0 bridgehead atoms. The average molecular weight is 232 g/mol. The van der Waals surface area contributed by atoms with Crippen molar-refractivity contribution in [3.63, 3.8) is 0 Å². The summed E-state index contributed by atoms with van der Waals surface area (Å²) >= 11 is 0. The van der Waals surface area contributed by atoms with Crippen LogP contribution < -0.4 is 0 Å². The fourth-order valence-electron chi connectivity index (χ4n) is 1.78. The van der Waals surface area contributed by atoms with Crippen LogP contribution in [0.2, 0.25) is 19.6 Å². The Labute approximate surface area is 100.0 Å². The van der Waals surface area contributed by atoms with Gasteiger partial charge in [-0.2, -0.15) is 0 Å². The van der Waals surface area contributed by atoms with Crippen molar-refractivity contribution >= 4 is 8.32 Å². The minimum Gasteiger partial charge on any atom is -0.398 e. The highest BCUT2D eigenvalue weighted by molar-refractivity contribution is 6.69. The lowest BCUT2D eigenvalue weighted by atomic mass is 9.92. The van der Waals surface area contributed by atoms with Gasteiger partial charge in [0.15, 0.2) is 8.32 Å². The maximum absolute atomic E-state index is 6.21. The van der Waals surface area contributed by atoms with Crippen LogP contribution in [0.1, 0.15) is 18.9 Å². The summed E-state index contributed by atoms with van der Waals surface area (Å²) in [5, 5.41) is 0. The predicted molar refractivity (Wildman–Crippen MR) is 71.7 cm³/mol. The molecule has 16 heavy (non-hydrogen) atoms. The lowest BCUT2D eigenvalue weighted by molar-refractivity contribution is 0.117. The highest BCUT2D eigenvalue weighted by atomic mass is 28.4. The van der Waals surface area contributed by atoms with Crippen LogP contribution in [0.15, 0.2) is 30.3 Å². The molecule has 0 radical (unpaired) electrons. The first-order valence-corrected chi connectivity index (χ1v) is 9.08. The summed E-state index contributed by atoms with van der Waals surface area (Å²) < 4.78 is 6.21. The molecule has 1 nitrogen and oxygen atoms in total. The molecule has 0 aliphatic rings. The molecule has 0 aromatic heterocycles. The van der Waals surface area contributed by atoms with Crippen molar-refractivity contribution < 1.29 is 4.43 Å². The fourth-order valence-corrected chi connectivity index (χ4v) is 3.15. The van der Waals surface area contributed by atoms with Gasteiger partial charge in [0.1, 0.15) is 5.60 Å². The lowest BCUT2D eigenvalue weighted by Gasteiger charge is -2.34. The van der Waals surface area contributed by atoms with Crippen molar-refractivity contribution in [2.24, 2.45) is 0 Å². The van der Waals surface area contributed by atoms with Crippen LogP contribution in [-0.4, -0.2) is 8.32 Å². The van der Waals surface area contributed by atoms with Gasteiger partial charge in [0.05, 0.1) is 0 Å². The number of hydrogen-bond donors (Lipinski definition) is 0. The second-order valence-corrected chi connectivity index (χ2v) is 9.33. The molecule has 1 aromatic rings. The van der Waals surface area contributed by atoms with Gasteiger partial charge in [0.25, 0.3) is 0 Å². The molecule has 1 aromatic carbocycles. The van der Waals surface area contributed by atoms with Gasteiger partial charge in [-0.15, -0.1) is 6.42 Å². The fraction of sp³-hybridized carbons (Fsp3) is 0.429. The summed E-state index contributed by atoms with van der Waals surface area (Å²) in [5.74, 6) is 2.85. The topological polar surface area (TPSA) is 9.23 Å². The first-order chi connectivity index (χ1) is 7.43. The van der Waals surface area contributed by atoms with Crippen molar-refractivity contribution in [3.05, 3.63) is 35.9 Å². The Morgan fingerprint density at radius 3 is 2.19 bits per heavy atom. The normalized spacial score (nSPS) is 15.2. The van der Waals surface area contributed by atoms with E-state index in [2.05, 4.69) is 32.5 Å². The van der Waals surface area contributed by atoms with Gasteiger partial charge in [0, 0.05) is 0 Å². The summed E-state index contributed by atoms with van der Waals surface area (Å²) in [5.41, 5.74) is 0.536. The van der Waals surface area contributed by atoms with Gasteiger partial charge < -0.3 is 4.43 Å². The third-order valence-corrected chi connectivity index (χ3v) is 3.41. The molecule has 0 saturated carbocycles.